The summed E-state index contributed by atoms with van der Waals surface area (Å²) in [5.41, 5.74) is 1.07. The van der Waals surface area contributed by atoms with Gasteiger partial charge in [0.15, 0.2) is 0 Å². The number of hydrogen-bond acceptors (Lipinski definition) is 10. The molecule has 1 aliphatic heterocycles. The van der Waals surface area contributed by atoms with Crippen LogP contribution in [0, 0.1) is 46.5 Å². The third-order valence-corrected chi connectivity index (χ3v) is 6.73. The Morgan fingerprint density at radius 1 is 0.744 bits per heavy atom. The van der Waals surface area contributed by atoms with Crippen LogP contribution in [0.4, 0.5) is 0 Å². The third-order valence-electron chi connectivity index (χ3n) is 6.73. The second kappa shape index (κ2) is 27.3. The molecule has 17 heteroatoms. The Bertz CT molecular complexity index is 999. The van der Waals surface area contributed by atoms with Gasteiger partial charge >= 0.3 is 57.8 Å². The molecular formula is C26H35GdN4O9Y3. The fourth-order valence-corrected chi connectivity index (χ4v) is 4.76. The summed E-state index contributed by atoms with van der Waals surface area (Å²) in [7, 11) is 0. The van der Waals surface area contributed by atoms with E-state index in [1.807, 2.05) is 0 Å². The van der Waals surface area contributed by atoms with Crippen molar-refractivity contribution < 1.29 is 182 Å². The minimum absolute atomic E-state index is 0. The van der Waals surface area contributed by atoms with Crippen molar-refractivity contribution in [1.82, 2.24) is 19.7 Å². The van der Waals surface area contributed by atoms with Gasteiger partial charge < -0.3 is 30.0 Å². The van der Waals surface area contributed by atoms with Gasteiger partial charge in [-0.3, -0.25) is 46.6 Å². The number of carboxylic acids is 3. The average molecular weight is 972 g/mol. The molecule has 0 spiro atoms. The van der Waals surface area contributed by atoms with Crippen molar-refractivity contribution >= 4 is 30.5 Å². The normalized spacial score (nSPS) is 16.5. The fraction of sp³-hybridized carbons (Fsp3) is 0.577. The molecule has 4 radical (unpaired) electrons. The number of nitrogens with zero attached hydrogens (tertiary/aromatic N) is 4. The number of carboxylic acid groups (broad SMARTS) is 3. The van der Waals surface area contributed by atoms with E-state index in [1.54, 1.807) is 45.5 Å². The van der Waals surface area contributed by atoms with E-state index in [4.69, 9.17) is 5.11 Å². The fourth-order valence-electron chi connectivity index (χ4n) is 4.76. The second-order valence-electron chi connectivity index (χ2n) is 9.29. The molecular weight excluding hydrogens is 936 g/mol. The number of carbonyl (C=O) groups is 3. The van der Waals surface area contributed by atoms with Crippen LogP contribution in [0.25, 0.3) is 0 Å². The zero-order valence-corrected chi connectivity index (χ0v) is 34.5. The summed E-state index contributed by atoms with van der Waals surface area (Å²) in [6.45, 7) is 1.55. The molecule has 0 aliphatic carbocycles. The van der Waals surface area contributed by atoms with Gasteiger partial charge in [0, 0.05) is 137 Å². The zero-order chi connectivity index (χ0) is 28.8. The van der Waals surface area contributed by atoms with E-state index in [1.165, 1.54) is 0 Å². The average Bonchev–Trinajstić information content (AvgIpc) is 2.88. The van der Waals surface area contributed by atoms with Gasteiger partial charge in [0.1, 0.15) is 18.1 Å². The SMILES string of the molecule is O=[C-]CCC(C(=O)O)N1CCN(C(CC[C-]=O)C(=O)O)Cc2cccc(n2)CN(C(CC[CH-]O)C(=O)O)CC1.[Gd+3].[Y].[Y].[Y]. The van der Waals surface area contributed by atoms with E-state index < -0.39 is 36.0 Å². The van der Waals surface area contributed by atoms with Gasteiger partial charge in [0.05, 0.1) is 11.4 Å². The van der Waals surface area contributed by atoms with E-state index in [9.17, 15) is 39.3 Å². The first-order valence-electron chi connectivity index (χ1n) is 12.7. The second-order valence-corrected chi connectivity index (χ2v) is 9.29. The predicted octanol–water partition coefficient (Wildman–Crippen LogP) is 0.448. The Hall–Kier alpha value is 1.38. The van der Waals surface area contributed by atoms with Gasteiger partial charge in [-0.15, -0.1) is 0 Å². The molecule has 13 nitrogen and oxygen atoms in total. The zero-order valence-electron chi connectivity index (χ0n) is 23.7. The van der Waals surface area contributed by atoms with Gasteiger partial charge in [-0.05, 0) is 12.1 Å². The maximum absolute atomic E-state index is 12.2. The summed E-state index contributed by atoms with van der Waals surface area (Å²) in [5.74, 6) is -3.40. The first-order valence-corrected chi connectivity index (χ1v) is 12.7. The summed E-state index contributed by atoms with van der Waals surface area (Å²) in [6.07, 6.45) is 3.47. The number of carbonyl (C=O) groups excluding carboxylic acids is 2. The molecule has 1 aromatic heterocycles. The van der Waals surface area contributed by atoms with Gasteiger partial charge in [-0.2, -0.15) is 19.3 Å². The van der Waals surface area contributed by atoms with Crippen molar-refractivity contribution in [1.29, 1.82) is 0 Å². The van der Waals surface area contributed by atoms with Crippen LogP contribution in [0.2, 0.25) is 0 Å². The van der Waals surface area contributed by atoms with Crippen LogP contribution >= 0.6 is 0 Å². The van der Waals surface area contributed by atoms with Crippen LogP contribution in [0.1, 0.15) is 49.9 Å². The first-order chi connectivity index (χ1) is 18.7. The Balaban J connectivity index is -0.00000400. The third kappa shape index (κ3) is 17.4. The quantitative estimate of drug-likeness (QED) is 0.178. The van der Waals surface area contributed by atoms with Crippen molar-refractivity contribution in [2.24, 2.45) is 0 Å². The van der Waals surface area contributed by atoms with Crippen LogP contribution in [-0.2, 0) is 135 Å². The number of aliphatic carboxylic acids is 3. The number of fused-ring (bicyclic) bond motifs is 2. The Kier molecular flexibility index (Phi) is 31.0. The van der Waals surface area contributed by atoms with E-state index in [0.717, 1.165) is 6.61 Å². The van der Waals surface area contributed by atoms with Crippen molar-refractivity contribution in [2.75, 3.05) is 26.2 Å². The standard InChI is InChI=1S/C26H35N4O9.Gd.3Y/c31-14-2-7-21(24(34)35)28-10-12-29(22(25(36)37)8-3-15-32)17-19-5-1-6-20(27-19)18-30(13-11-28)23(26(38)39)9-4-16-33;;;;/h1,5-6,15,21-23,32H,2-4,7-13,17-18H2,(H,34,35)(H,36,37)(H,38,39);;;;/q-3;+3;;;. The van der Waals surface area contributed by atoms with E-state index in [2.05, 4.69) is 4.98 Å². The minimum atomic E-state index is -1.17. The molecule has 2 rings (SSSR count). The Morgan fingerprint density at radius 2 is 1.12 bits per heavy atom. The van der Waals surface area contributed by atoms with Crippen LogP contribution < -0.4 is 0 Å². The first kappa shape index (κ1) is 48.8. The molecule has 43 heavy (non-hydrogen) atoms. The maximum atomic E-state index is 12.2. The monoisotopic (exact) mass is 972 g/mol. The largest absolute Gasteiger partial charge is 3.00 e. The molecule has 4 N–H and O–H groups in total. The molecule has 3 unspecified atom stereocenters. The number of aromatic nitrogens is 1. The summed E-state index contributed by atoms with van der Waals surface area (Å²) in [4.78, 5) is 67.7. The Morgan fingerprint density at radius 3 is 1.49 bits per heavy atom. The molecule has 230 valence electrons. The summed E-state index contributed by atoms with van der Waals surface area (Å²) >= 11 is 0. The van der Waals surface area contributed by atoms with Crippen molar-refractivity contribution in [2.45, 2.75) is 69.7 Å². The van der Waals surface area contributed by atoms with Crippen LogP contribution in [0.3, 0.4) is 0 Å². The summed E-state index contributed by atoms with van der Waals surface area (Å²) in [6, 6.07) is 2.06. The van der Waals surface area contributed by atoms with Crippen molar-refractivity contribution in [3.8, 4) is 0 Å². The number of pyridine rings is 1. The van der Waals surface area contributed by atoms with E-state index >= 15 is 0 Å². The molecule has 0 saturated heterocycles. The topological polar surface area (TPSA) is 189 Å². The number of rotatable bonds is 15. The van der Waals surface area contributed by atoms with Gasteiger partial charge in [-0.25, -0.2) is 6.61 Å². The van der Waals surface area contributed by atoms with Crippen molar-refractivity contribution in [3.05, 3.63) is 36.2 Å². The molecule has 0 amide bonds. The van der Waals surface area contributed by atoms with E-state index in [0.29, 0.717) is 11.4 Å². The molecule has 0 aromatic carbocycles. The number of aliphatic hydroxyl groups excluding tert-OH is 1. The molecule has 0 saturated carbocycles. The molecule has 3 atom stereocenters. The molecule has 1 aliphatic rings. The van der Waals surface area contributed by atoms with Crippen LogP contribution in [0.15, 0.2) is 18.2 Å². The number of hydrogen-bond donors (Lipinski definition) is 4. The minimum Gasteiger partial charge on any atom is -0.566 e. The molecule has 2 bridgehead atoms. The number of aliphatic hydroxyl groups is 1. The summed E-state index contributed by atoms with van der Waals surface area (Å²) < 4.78 is 0. The predicted molar refractivity (Wildman–Crippen MR) is 136 cm³/mol. The Labute approximate surface area is 359 Å². The van der Waals surface area contributed by atoms with Crippen molar-refractivity contribution in [3.63, 3.8) is 0 Å². The molecule has 2 heterocycles. The van der Waals surface area contributed by atoms with Crippen LogP contribution in [0.5, 0.6) is 0 Å². The smallest absolute Gasteiger partial charge is 0.566 e. The van der Waals surface area contributed by atoms with E-state index in [-0.39, 0.29) is 216 Å². The van der Waals surface area contributed by atoms with Crippen LogP contribution in [-0.4, -0.2) is 115 Å². The molecule has 0 fully saturated rings. The van der Waals surface area contributed by atoms with Gasteiger partial charge in [0.2, 0.25) is 0 Å². The van der Waals surface area contributed by atoms with Gasteiger partial charge in [-0.1, -0.05) is 25.3 Å². The summed E-state index contributed by atoms with van der Waals surface area (Å²) in [5, 5.41) is 38.9. The van der Waals surface area contributed by atoms with Gasteiger partial charge in [0.25, 0.3) is 0 Å². The maximum Gasteiger partial charge on any atom is 3.00 e. The molecule has 1 aromatic rings.